The first-order valence-corrected chi connectivity index (χ1v) is 10.3. The molecule has 2 fully saturated rings. The van der Waals surface area contributed by atoms with Crippen molar-refractivity contribution in [1.29, 1.82) is 0 Å². The Morgan fingerprint density at radius 3 is 2.24 bits per heavy atom. The first-order chi connectivity index (χ1) is 10.0. The summed E-state index contributed by atoms with van der Waals surface area (Å²) < 4.78 is 25.8. The van der Waals surface area contributed by atoms with Gasteiger partial charge in [0.1, 0.15) is 0 Å². The maximum Gasteiger partial charge on any atom is 0.214 e. The van der Waals surface area contributed by atoms with Crippen molar-refractivity contribution in [3.05, 3.63) is 0 Å². The fourth-order valence-corrected chi connectivity index (χ4v) is 5.13. The van der Waals surface area contributed by atoms with Crippen LogP contribution in [-0.4, -0.2) is 44.2 Å². The summed E-state index contributed by atoms with van der Waals surface area (Å²) in [6, 6.07) is 0.512. The van der Waals surface area contributed by atoms with Gasteiger partial charge in [-0.15, -0.1) is 0 Å². The average molecular weight is 317 g/mol. The van der Waals surface area contributed by atoms with Gasteiger partial charge < -0.3 is 5.32 Å². The summed E-state index contributed by atoms with van der Waals surface area (Å²) in [5.41, 5.74) is 0. The van der Waals surface area contributed by atoms with E-state index in [-0.39, 0.29) is 0 Å². The summed E-state index contributed by atoms with van der Waals surface area (Å²) in [5.74, 6) is 2.04. The van der Waals surface area contributed by atoms with Gasteiger partial charge in [-0.1, -0.05) is 26.7 Å². The highest BCUT2D eigenvalue weighted by Gasteiger charge is 2.27. The molecular formula is C16H32N2O2S. The van der Waals surface area contributed by atoms with Crippen LogP contribution in [0.15, 0.2) is 0 Å². The molecule has 0 aromatic rings. The zero-order chi connectivity index (χ0) is 15.3. The second-order valence-corrected chi connectivity index (χ2v) is 9.11. The van der Waals surface area contributed by atoms with Gasteiger partial charge >= 0.3 is 0 Å². The molecule has 0 atom stereocenters. The molecule has 0 radical (unpaired) electrons. The van der Waals surface area contributed by atoms with E-state index in [2.05, 4.69) is 12.2 Å². The smallest absolute Gasteiger partial charge is 0.214 e. The van der Waals surface area contributed by atoms with E-state index in [1.54, 1.807) is 4.31 Å². The number of hydrogen-bond acceptors (Lipinski definition) is 3. The summed E-state index contributed by atoms with van der Waals surface area (Å²) in [6.45, 7) is 6.80. The van der Waals surface area contributed by atoms with E-state index < -0.39 is 10.0 Å². The van der Waals surface area contributed by atoms with Crippen molar-refractivity contribution in [3.63, 3.8) is 0 Å². The molecule has 0 unspecified atom stereocenters. The van der Waals surface area contributed by atoms with E-state index >= 15 is 0 Å². The Morgan fingerprint density at radius 1 is 1.05 bits per heavy atom. The van der Waals surface area contributed by atoms with Crippen LogP contribution in [0.25, 0.3) is 0 Å². The Morgan fingerprint density at radius 2 is 1.67 bits per heavy atom. The average Bonchev–Trinajstić information content (AvgIpc) is 2.47. The number of rotatable bonds is 6. The molecular weight excluding hydrogens is 284 g/mol. The van der Waals surface area contributed by atoms with Crippen molar-refractivity contribution < 1.29 is 8.42 Å². The topological polar surface area (TPSA) is 49.4 Å². The van der Waals surface area contributed by atoms with Crippen molar-refractivity contribution in [2.45, 2.75) is 64.8 Å². The molecule has 1 N–H and O–H groups in total. The molecule has 0 spiro atoms. The molecule has 0 aromatic carbocycles. The molecule has 4 nitrogen and oxygen atoms in total. The number of nitrogens with one attached hydrogen (secondary N) is 1. The van der Waals surface area contributed by atoms with E-state index in [1.807, 2.05) is 6.92 Å². The summed E-state index contributed by atoms with van der Waals surface area (Å²) in [5, 5.41) is 3.69. The molecule has 2 aliphatic rings. The monoisotopic (exact) mass is 316 g/mol. The van der Waals surface area contributed by atoms with Crippen molar-refractivity contribution in [3.8, 4) is 0 Å². The standard InChI is InChI=1S/C16H32N2O2S/c1-3-12-21(19,20)18-10-8-16(9-11-18)17-13-15-6-4-14(2)5-7-15/h14-17H,3-13H2,1-2H3. The SMILES string of the molecule is CCCS(=O)(=O)N1CCC(NCC2CCC(C)CC2)CC1. The van der Waals surface area contributed by atoms with E-state index in [0.29, 0.717) is 31.3 Å². The number of hydrogen-bond donors (Lipinski definition) is 1. The molecule has 124 valence electrons. The summed E-state index contributed by atoms with van der Waals surface area (Å²) in [6.07, 6.45) is 8.11. The van der Waals surface area contributed by atoms with Crippen LogP contribution in [0.5, 0.6) is 0 Å². The lowest BCUT2D eigenvalue weighted by Gasteiger charge is -2.33. The predicted octanol–water partition coefficient (Wildman–Crippen LogP) is 2.61. The van der Waals surface area contributed by atoms with Crippen LogP contribution >= 0.6 is 0 Å². The normalized spacial score (nSPS) is 29.6. The summed E-state index contributed by atoms with van der Waals surface area (Å²) in [4.78, 5) is 0. The molecule has 1 saturated carbocycles. The van der Waals surface area contributed by atoms with Crippen LogP contribution in [0.3, 0.4) is 0 Å². The largest absolute Gasteiger partial charge is 0.314 e. The number of nitrogens with zero attached hydrogens (tertiary/aromatic N) is 1. The van der Waals surface area contributed by atoms with Gasteiger partial charge in [0.05, 0.1) is 5.75 Å². The van der Waals surface area contributed by atoms with Crippen LogP contribution in [0.1, 0.15) is 58.8 Å². The number of piperidine rings is 1. The molecule has 21 heavy (non-hydrogen) atoms. The van der Waals surface area contributed by atoms with Gasteiger partial charge in [-0.3, -0.25) is 0 Å². The van der Waals surface area contributed by atoms with E-state index in [9.17, 15) is 8.42 Å². The lowest BCUT2D eigenvalue weighted by molar-refractivity contribution is 0.246. The number of sulfonamides is 1. The van der Waals surface area contributed by atoms with Gasteiger partial charge in [-0.2, -0.15) is 0 Å². The van der Waals surface area contributed by atoms with Crippen molar-refractivity contribution in [1.82, 2.24) is 9.62 Å². The minimum atomic E-state index is -2.99. The van der Waals surface area contributed by atoms with Gasteiger partial charge in [0, 0.05) is 19.1 Å². The lowest BCUT2D eigenvalue weighted by Crippen LogP contribution is -2.46. The zero-order valence-electron chi connectivity index (χ0n) is 13.7. The van der Waals surface area contributed by atoms with Crippen LogP contribution in [0.2, 0.25) is 0 Å². The lowest BCUT2D eigenvalue weighted by atomic mass is 9.83. The Labute approximate surface area is 130 Å². The first-order valence-electron chi connectivity index (χ1n) is 8.72. The van der Waals surface area contributed by atoms with Gasteiger partial charge in [0.25, 0.3) is 0 Å². The molecule has 0 bridgehead atoms. The van der Waals surface area contributed by atoms with E-state index in [0.717, 1.165) is 31.2 Å². The van der Waals surface area contributed by atoms with Crippen molar-refractivity contribution >= 4 is 10.0 Å². The molecule has 1 heterocycles. The minimum absolute atomic E-state index is 0.297. The minimum Gasteiger partial charge on any atom is -0.314 e. The molecule has 0 amide bonds. The Hall–Kier alpha value is -0.130. The van der Waals surface area contributed by atoms with Crippen LogP contribution < -0.4 is 5.32 Å². The third-order valence-corrected chi connectivity index (χ3v) is 7.22. The fourth-order valence-electron chi connectivity index (χ4n) is 3.59. The van der Waals surface area contributed by atoms with E-state index in [4.69, 9.17) is 0 Å². The van der Waals surface area contributed by atoms with Gasteiger partial charge in [0.2, 0.25) is 10.0 Å². The summed E-state index contributed by atoms with van der Waals surface area (Å²) in [7, 11) is -2.99. The summed E-state index contributed by atoms with van der Waals surface area (Å²) >= 11 is 0. The van der Waals surface area contributed by atoms with Crippen molar-refractivity contribution in [2.24, 2.45) is 11.8 Å². The molecule has 0 aromatic heterocycles. The molecule has 1 aliphatic carbocycles. The second-order valence-electron chi connectivity index (χ2n) is 7.02. The fraction of sp³-hybridized carbons (Fsp3) is 1.00. The first kappa shape index (κ1) is 17.2. The highest BCUT2D eigenvalue weighted by Crippen LogP contribution is 2.28. The van der Waals surface area contributed by atoms with Crippen LogP contribution in [0.4, 0.5) is 0 Å². The quantitative estimate of drug-likeness (QED) is 0.819. The third-order valence-electron chi connectivity index (χ3n) is 5.14. The molecule has 1 saturated heterocycles. The maximum atomic E-state index is 12.0. The Bertz CT molecular complexity index is 395. The highest BCUT2D eigenvalue weighted by molar-refractivity contribution is 7.89. The maximum absolute atomic E-state index is 12.0. The van der Waals surface area contributed by atoms with Crippen molar-refractivity contribution in [2.75, 3.05) is 25.4 Å². The zero-order valence-corrected chi connectivity index (χ0v) is 14.5. The van der Waals surface area contributed by atoms with E-state index in [1.165, 1.54) is 25.7 Å². The highest BCUT2D eigenvalue weighted by atomic mass is 32.2. The van der Waals surface area contributed by atoms with Gasteiger partial charge in [0.15, 0.2) is 0 Å². The second kappa shape index (κ2) is 7.93. The molecule has 1 aliphatic heterocycles. The third kappa shape index (κ3) is 5.22. The van der Waals surface area contributed by atoms with Gasteiger partial charge in [-0.05, 0) is 50.5 Å². The molecule has 2 rings (SSSR count). The Kier molecular flexibility index (Phi) is 6.51. The Balaban J connectivity index is 1.67. The van der Waals surface area contributed by atoms with Gasteiger partial charge in [-0.25, -0.2) is 12.7 Å². The van der Waals surface area contributed by atoms with Crippen LogP contribution in [-0.2, 0) is 10.0 Å². The van der Waals surface area contributed by atoms with Crippen LogP contribution in [0, 0.1) is 11.8 Å². The molecule has 5 heteroatoms. The predicted molar refractivity (Wildman–Crippen MR) is 87.8 cm³/mol.